The van der Waals surface area contributed by atoms with Gasteiger partial charge >= 0.3 is 6.18 Å². The zero-order valence-corrected chi connectivity index (χ0v) is 16.1. The van der Waals surface area contributed by atoms with Crippen LogP contribution in [0, 0.1) is 0 Å². The molecule has 0 unspecified atom stereocenters. The van der Waals surface area contributed by atoms with Gasteiger partial charge < -0.3 is 5.73 Å². The number of anilines is 1. The van der Waals surface area contributed by atoms with Crippen molar-refractivity contribution in [3.05, 3.63) is 90.5 Å². The van der Waals surface area contributed by atoms with E-state index < -0.39 is 17.5 Å². The van der Waals surface area contributed by atoms with Crippen molar-refractivity contribution < 1.29 is 18.0 Å². The summed E-state index contributed by atoms with van der Waals surface area (Å²) in [6.45, 7) is 0. The highest BCUT2D eigenvalue weighted by Gasteiger charge is 2.39. The molecule has 4 nitrogen and oxygen atoms in total. The maximum Gasteiger partial charge on any atom is 0.454 e. The number of nitrogen functional groups attached to an aromatic ring is 1. The summed E-state index contributed by atoms with van der Waals surface area (Å²) in [5.41, 5.74) is 8.91. The molecule has 0 bridgehead atoms. The van der Waals surface area contributed by atoms with Crippen LogP contribution in [0.4, 0.5) is 30.2 Å². The number of carbonyl (C=O) groups is 1. The topological polar surface area (TPSA) is 67.8 Å². The molecule has 154 valence electrons. The van der Waals surface area contributed by atoms with Crippen LogP contribution in [0.5, 0.6) is 0 Å². The number of alkyl halides is 3. The van der Waals surface area contributed by atoms with Crippen LogP contribution in [0.25, 0.3) is 21.9 Å². The predicted molar refractivity (Wildman–Crippen MR) is 115 cm³/mol. The average Bonchev–Trinajstić information content (AvgIpc) is 2.77. The number of benzene rings is 4. The highest BCUT2D eigenvalue weighted by Crippen LogP contribution is 2.39. The van der Waals surface area contributed by atoms with Gasteiger partial charge in [-0.05, 0) is 47.2 Å². The van der Waals surface area contributed by atoms with Crippen molar-refractivity contribution in [2.24, 2.45) is 10.2 Å². The number of azo groups is 1. The first-order chi connectivity index (χ1) is 14.8. The van der Waals surface area contributed by atoms with E-state index in [1.807, 2.05) is 54.6 Å². The molecule has 0 amide bonds. The molecule has 0 aliphatic carbocycles. The Morgan fingerprint density at radius 3 is 2.19 bits per heavy atom. The third-order valence-corrected chi connectivity index (χ3v) is 4.79. The third kappa shape index (κ3) is 4.16. The van der Waals surface area contributed by atoms with Crippen LogP contribution in [0.1, 0.15) is 10.4 Å². The van der Waals surface area contributed by atoms with Crippen molar-refractivity contribution in [1.82, 2.24) is 0 Å². The summed E-state index contributed by atoms with van der Waals surface area (Å²) in [6.07, 6.45) is -4.92. The van der Waals surface area contributed by atoms with Gasteiger partial charge in [0.25, 0.3) is 5.78 Å². The summed E-state index contributed by atoms with van der Waals surface area (Å²) >= 11 is 0. The Balaban J connectivity index is 1.71. The van der Waals surface area contributed by atoms with Gasteiger partial charge in [0.15, 0.2) is 0 Å². The second-order valence-corrected chi connectivity index (χ2v) is 6.84. The fourth-order valence-electron chi connectivity index (χ4n) is 3.32. The van der Waals surface area contributed by atoms with Crippen LogP contribution in [0.15, 0.2) is 95.2 Å². The maximum absolute atomic E-state index is 12.6. The minimum atomic E-state index is -4.92. The molecular weight excluding hydrogens is 403 g/mol. The fraction of sp³-hybridized carbons (Fsp3) is 0.0417. The quantitative estimate of drug-likeness (QED) is 0.215. The Morgan fingerprint density at radius 2 is 1.45 bits per heavy atom. The van der Waals surface area contributed by atoms with Crippen molar-refractivity contribution in [1.29, 1.82) is 0 Å². The number of ketones is 1. The van der Waals surface area contributed by atoms with E-state index in [1.165, 1.54) is 12.1 Å². The number of rotatable bonds is 4. The summed E-state index contributed by atoms with van der Waals surface area (Å²) in [4.78, 5) is 11.3. The van der Waals surface area contributed by atoms with Crippen LogP contribution in [0.2, 0.25) is 0 Å². The minimum Gasteiger partial charge on any atom is -0.398 e. The van der Waals surface area contributed by atoms with Crippen LogP contribution >= 0.6 is 0 Å². The first-order valence-corrected chi connectivity index (χ1v) is 9.34. The Labute approximate surface area is 175 Å². The van der Waals surface area contributed by atoms with Gasteiger partial charge in [-0.2, -0.15) is 18.3 Å². The molecule has 4 aromatic rings. The summed E-state index contributed by atoms with van der Waals surface area (Å²) in [5.74, 6) is -1.90. The molecular formula is C24H16F3N3O. The SMILES string of the molecule is Nc1ccc2ccccc2c1-c1ccccc1/N=N/c1ccc(C(=O)C(F)(F)F)cc1. The third-order valence-electron chi connectivity index (χ3n) is 4.79. The molecule has 0 fully saturated rings. The number of hydrogen-bond donors (Lipinski definition) is 1. The second-order valence-electron chi connectivity index (χ2n) is 6.84. The van der Waals surface area contributed by atoms with Gasteiger partial charge in [0.05, 0.1) is 11.4 Å². The second kappa shape index (κ2) is 8.02. The molecule has 7 heteroatoms. The molecule has 4 aromatic carbocycles. The van der Waals surface area contributed by atoms with Gasteiger partial charge in [-0.3, -0.25) is 4.79 Å². The Hall–Kier alpha value is -4.00. The highest BCUT2D eigenvalue weighted by molar-refractivity contribution is 6.04. The number of nitrogens with zero attached hydrogens (tertiary/aromatic N) is 2. The van der Waals surface area contributed by atoms with Gasteiger partial charge in [0.1, 0.15) is 0 Å². The number of carbonyl (C=O) groups excluding carboxylic acids is 1. The molecule has 0 aliphatic heterocycles. The van der Waals surface area contributed by atoms with Gasteiger partial charge in [-0.25, -0.2) is 0 Å². The van der Waals surface area contributed by atoms with Gasteiger partial charge in [-0.15, -0.1) is 5.11 Å². The molecule has 0 aromatic heterocycles. The van der Waals surface area contributed by atoms with Crippen molar-refractivity contribution >= 4 is 33.6 Å². The lowest BCUT2D eigenvalue weighted by atomic mass is 9.95. The lowest BCUT2D eigenvalue weighted by Gasteiger charge is -2.12. The smallest absolute Gasteiger partial charge is 0.398 e. The van der Waals surface area contributed by atoms with E-state index >= 15 is 0 Å². The fourth-order valence-corrected chi connectivity index (χ4v) is 3.32. The molecule has 0 aliphatic rings. The largest absolute Gasteiger partial charge is 0.454 e. The van der Waals surface area contributed by atoms with E-state index in [1.54, 1.807) is 6.07 Å². The predicted octanol–water partition coefficient (Wildman–Crippen LogP) is 7.25. The number of halogens is 3. The molecule has 0 spiro atoms. The number of fused-ring (bicyclic) bond motifs is 1. The van der Waals surface area contributed by atoms with Gasteiger partial charge in [0.2, 0.25) is 0 Å². The summed E-state index contributed by atoms with van der Waals surface area (Å²) in [7, 11) is 0. The minimum absolute atomic E-state index is 0.319. The van der Waals surface area contributed by atoms with Crippen LogP contribution in [0.3, 0.4) is 0 Å². The molecule has 0 radical (unpaired) electrons. The molecule has 0 saturated heterocycles. The number of nitrogens with two attached hydrogens (primary N) is 1. The zero-order chi connectivity index (χ0) is 22.0. The van der Waals surface area contributed by atoms with E-state index in [9.17, 15) is 18.0 Å². The molecule has 0 heterocycles. The average molecular weight is 419 g/mol. The van der Waals surface area contributed by atoms with E-state index in [4.69, 9.17) is 5.73 Å². The molecule has 0 saturated carbocycles. The molecule has 4 rings (SSSR count). The molecule has 31 heavy (non-hydrogen) atoms. The van der Waals surface area contributed by atoms with Crippen molar-refractivity contribution in [3.63, 3.8) is 0 Å². The maximum atomic E-state index is 12.6. The highest BCUT2D eigenvalue weighted by atomic mass is 19.4. The standard InChI is InChI=1S/C24H16F3N3O/c25-24(26,27)23(31)16-9-12-17(13-10-16)29-30-21-8-4-3-7-19(21)22-18-6-2-1-5-15(18)11-14-20(22)28/h1-14H,28H2/b30-29+. The number of Topliss-reactive ketones (excluding diaryl/α,β-unsaturated/α-hetero) is 1. The first kappa shape index (κ1) is 20.3. The first-order valence-electron chi connectivity index (χ1n) is 9.34. The number of hydrogen-bond acceptors (Lipinski definition) is 4. The Morgan fingerprint density at radius 1 is 0.774 bits per heavy atom. The van der Waals surface area contributed by atoms with Crippen LogP contribution in [-0.2, 0) is 0 Å². The summed E-state index contributed by atoms with van der Waals surface area (Å²) in [6, 6.07) is 23.8. The lowest BCUT2D eigenvalue weighted by Crippen LogP contribution is -2.22. The lowest BCUT2D eigenvalue weighted by molar-refractivity contribution is -0.0885. The van der Waals surface area contributed by atoms with Crippen LogP contribution in [-0.4, -0.2) is 12.0 Å². The van der Waals surface area contributed by atoms with Crippen molar-refractivity contribution in [2.75, 3.05) is 5.73 Å². The van der Waals surface area contributed by atoms with E-state index in [0.717, 1.165) is 34.0 Å². The van der Waals surface area contributed by atoms with Gasteiger partial charge in [0, 0.05) is 22.4 Å². The molecule has 0 atom stereocenters. The normalized spacial score (nSPS) is 11.8. The Kier molecular flexibility index (Phi) is 5.25. The van der Waals surface area contributed by atoms with E-state index in [-0.39, 0.29) is 0 Å². The zero-order valence-electron chi connectivity index (χ0n) is 16.1. The molecule has 2 N–H and O–H groups in total. The van der Waals surface area contributed by atoms with E-state index in [2.05, 4.69) is 10.2 Å². The summed E-state index contributed by atoms with van der Waals surface area (Å²) < 4.78 is 37.7. The van der Waals surface area contributed by atoms with Crippen molar-refractivity contribution in [2.45, 2.75) is 6.18 Å². The van der Waals surface area contributed by atoms with E-state index in [0.29, 0.717) is 17.1 Å². The monoisotopic (exact) mass is 419 g/mol. The van der Waals surface area contributed by atoms with Crippen molar-refractivity contribution in [3.8, 4) is 11.1 Å². The van der Waals surface area contributed by atoms with Gasteiger partial charge in [-0.1, -0.05) is 48.5 Å². The Bertz CT molecular complexity index is 1300. The summed E-state index contributed by atoms with van der Waals surface area (Å²) in [5, 5.41) is 10.4. The van der Waals surface area contributed by atoms with Crippen LogP contribution < -0.4 is 5.73 Å².